The second-order valence-corrected chi connectivity index (χ2v) is 4.81. The molecule has 5 heteroatoms. The number of hydrogen-bond acceptors (Lipinski definition) is 2. The predicted octanol–water partition coefficient (Wildman–Crippen LogP) is 3.21. The third-order valence-corrected chi connectivity index (χ3v) is 2.88. The molecular weight excluding hydrogens is 264 g/mol. The lowest BCUT2D eigenvalue weighted by molar-refractivity contribution is 0.195. The number of rotatable bonds is 7. The molecule has 0 amide bonds. The molecule has 1 rings (SSSR count). The summed E-state index contributed by atoms with van der Waals surface area (Å²) in [5, 5.41) is 3.64. The first-order valence-electron chi connectivity index (χ1n) is 5.41. The van der Waals surface area contributed by atoms with Gasteiger partial charge in [-0.25, -0.2) is 4.39 Å². The average molecular weight is 280 g/mol. The van der Waals surface area contributed by atoms with Gasteiger partial charge < -0.3 is 10.1 Å². The third-order valence-electron chi connectivity index (χ3n) is 2.31. The summed E-state index contributed by atoms with van der Waals surface area (Å²) in [4.78, 5) is 0. The van der Waals surface area contributed by atoms with Gasteiger partial charge in [0, 0.05) is 24.2 Å². The fourth-order valence-electron chi connectivity index (χ4n) is 1.42. The SMILES string of the molecule is COCC(Cl)CCNCc1cc(Cl)ccc1F. The van der Waals surface area contributed by atoms with Crippen LogP contribution in [0.25, 0.3) is 0 Å². The van der Waals surface area contributed by atoms with Gasteiger partial charge >= 0.3 is 0 Å². The van der Waals surface area contributed by atoms with Crippen LogP contribution in [0, 0.1) is 5.82 Å². The van der Waals surface area contributed by atoms with E-state index in [0.29, 0.717) is 30.3 Å². The summed E-state index contributed by atoms with van der Waals surface area (Å²) in [6.07, 6.45) is 0.775. The van der Waals surface area contributed by atoms with E-state index in [-0.39, 0.29) is 11.2 Å². The van der Waals surface area contributed by atoms with Gasteiger partial charge in [0.1, 0.15) is 5.82 Å². The van der Waals surface area contributed by atoms with Gasteiger partial charge in [0.05, 0.1) is 12.0 Å². The van der Waals surface area contributed by atoms with E-state index in [1.165, 1.54) is 12.1 Å². The number of benzene rings is 1. The van der Waals surface area contributed by atoms with Crippen molar-refractivity contribution >= 4 is 23.2 Å². The van der Waals surface area contributed by atoms with Gasteiger partial charge in [0.25, 0.3) is 0 Å². The summed E-state index contributed by atoms with van der Waals surface area (Å²) in [6, 6.07) is 4.53. The summed E-state index contributed by atoms with van der Waals surface area (Å²) >= 11 is 11.7. The van der Waals surface area contributed by atoms with Crippen LogP contribution in [0.2, 0.25) is 5.02 Å². The van der Waals surface area contributed by atoms with E-state index in [1.807, 2.05) is 0 Å². The Hall–Kier alpha value is -0.350. The highest BCUT2D eigenvalue weighted by atomic mass is 35.5. The highest BCUT2D eigenvalue weighted by Gasteiger charge is 2.05. The molecule has 0 saturated carbocycles. The molecule has 0 aliphatic carbocycles. The molecule has 0 radical (unpaired) electrons. The Morgan fingerprint density at radius 1 is 1.47 bits per heavy atom. The van der Waals surface area contributed by atoms with Crippen molar-refractivity contribution in [2.45, 2.75) is 18.3 Å². The summed E-state index contributed by atoms with van der Waals surface area (Å²) in [5.41, 5.74) is 0.565. The molecule has 0 fully saturated rings. The van der Waals surface area contributed by atoms with Crippen molar-refractivity contribution in [3.05, 3.63) is 34.6 Å². The Labute approximate surface area is 111 Å². The van der Waals surface area contributed by atoms with Crippen molar-refractivity contribution in [1.82, 2.24) is 5.32 Å². The number of nitrogens with one attached hydrogen (secondary N) is 1. The van der Waals surface area contributed by atoms with Crippen LogP contribution in [-0.4, -0.2) is 25.6 Å². The molecule has 0 aromatic heterocycles. The lowest BCUT2D eigenvalue weighted by atomic mass is 10.2. The number of halogens is 3. The Bertz CT molecular complexity index is 349. The van der Waals surface area contributed by atoms with Crippen molar-refractivity contribution in [2.24, 2.45) is 0 Å². The maximum atomic E-state index is 13.3. The molecule has 0 aliphatic heterocycles. The van der Waals surface area contributed by atoms with E-state index in [9.17, 15) is 4.39 Å². The molecule has 0 aliphatic rings. The van der Waals surface area contributed by atoms with Gasteiger partial charge in [-0.1, -0.05) is 11.6 Å². The second-order valence-electron chi connectivity index (χ2n) is 3.75. The van der Waals surface area contributed by atoms with Gasteiger partial charge in [0.2, 0.25) is 0 Å². The molecule has 1 aromatic rings. The summed E-state index contributed by atoms with van der Waals surface area (Å²) in [5.74, 6) is -0.249. The first-order chi connectivity index (χ1) is 8.13. The number of hydrogen-bond donors (Lipinski definition) is 1. The van der Waals surface area contributed by atoms with E-state index in [1.54, 1.807) is 13.2 Å². The van der Waals surface area contributed by atoms with Crippen LogP contribution in [0.4, 0.5) is 4.39 Å². The number of alkyl halides is 1. The lowest BCUT2D eigenvalue weighted by Gasteiger charge is -2.09. The Morgan fingerprint density at radius 3 is 2.94 bits per heavy atom. The van der Waals surface area contributed by atoms with Crippen molar-refractivity contribution in [3.63, 3.8) is 0 Å². The molecule has 1 unspecified atom stereocenters. The third kappa shape index (κ3) is 5.68. The summed E-state index contributed by atoms with van der Waals surface area (Å²) in [6.45, 7) is 1.68. The lowest BCUT2D eigenvalue weighted by Crippen LogP contribution is -2.20. The van der Waals surface area contributed by atoms with Gasteiger partial charge in [-0.15, -0.1) is 11.6 Å². The van der Waals surface area contributed by atoms with Crippen molar-refractivity contribution in [3.8, 4) is 0 Å². The minimum Gasteiger partial charge on any atom is -0.383 e. The van der Waals surface area contributed by atoms with Gasteiger partial charge in [-0.2, -0.15) is 0 Å². The first kappa shape index (κ1) is 14.7. The standard InChI is InChI=1S/C12H16Cl2FNO/c1-17-8-11(14)4-5-16-7-9-6-10(13)2-3-12(9)15/h2-3,6,11,16H,4-5,7-8H2,1H3. The second kappa shape index (κ2) is 7.88. The normalized spacial score (nSPS) is 12.7. The number of methoxy groups -OCH3 is 1. The van der Waals surface area contributed by atoms with Crippen LogP contribution >= 0.6 is 23.2 Å². The minimum absolute atomic E-state index is 0.0169. The van der Waals surface area contributed by atoms with Crippen molar-refractivity contribution in [2.75, 3.05) is 20.3 Å². The first-order valence-corrected chi connectivity index (χ1v) is 6.22. The number of ether oxygens (including phenoxy) is 1. The Morgan fingerprint density at radius 2 is 2.24 bits per heavy atom. The van der Waals surface area contributed by atoms with Crippen LogP contribution in [0.5, 0.6) is 0 Å². The van der Waals surface area contributed by atoms with Gasteiger partial charge in [0.15, 0.2) is 0 Å². The molecule has 0 saturated heterocycles. The Kier molecular flexibility index (Phi) is 6.82. The minimum atomic E-state index is -0.249. The van der Waals surface area contributed by atoms with Gasteiger partial charge in [-0.3, -0.25) is 0 Å². The maximum Gasteiger partial charge on any atom is 0.127 e. The van der Waals surface area contributed by atoms with E-state index in [2.05, 4.69) is 5.32 Å². The summed E-state index contributed by atoms with van der Waals surface area (Å²) < 4.78 is 18.2. The molecule has 17 heavy (non-hydrogen) atoms. The maximum absolute atomic E-state index is 13.3. The fourth-order valence-corrected chi connectivity index (χ4v) is 1.85. The molecule has 1 atom stereocenters. The van der Waals surface area contributed by atoms with E-state index < -0.39 is 0 Å². The largest absolute Gasteiger partial charge is 0.383 e. The quantitative estimate of drug-likeness (QED) is 0.611. The van der Waals surface area contributed by atoms with Gasteiger partial charge in [-0.05, 0) is 31.2 Å². The molecule has 1 N–H and O–H groups in total. The molecule has 0 bridgehead atoms. The van der Waals surface area contributed by atoms with E-state index in [4.69, 9.17) is 27.9 Å². The molecule has 96 valence electrons. The smallest absolute Gasteiger partial charge is 0.127 e. The predicted molar refractivity (Wildman–Crippen MR) is 69.3 cm³/mol. The summed E-state index contributed by atoms with van der Waals surface area (Å²) in [7, 11) is 1.62. The average Bonchev–Trinajstić information content (AvgIpc) is 2.29. The Balaban J connectivity index is 2.28. The zero-order valence-electron chi connectivity index (χ0n) is 9.68. The highest BCUT2D eigenvalue weighted by molar-refractivity contribution is 6.30. The monoisotopic (exact) mass is 279 g/mol. The van der Waals surface area contributed by atoms with Crippen molar-refractivity contribution in [1.29, 1.82) is 0 Å². The van der Waals surface area contributed by atoms with Crippen molar-refractivity contribution < 1.29 is 9.13 Å². The molecule has 1 aromatic carbocycles. The van der Waals surface area contributed by atoms with E-state index in [0.717, 1.165) is 6.42 Å². The molecular formula is C12H16Cl2FNO. The zero-order chi connectivity index (χ0) is 12.7. The van der Waals surface area contributed by atoms with Crippen LogP contribution in [0.3, 0.4) is 0 Å². The van der Waals surface area contributed by atoms with Crippen LogP contribution < -0.4 is 5.32 Å². The molecule has 0 spiro atoms. The fraction of sp³-hybridized carbons (Fsp3) is 0.500. The zero-order valence-corrected chi connectivity index (χ0v) is 11.2. The van der Waals surface area contributed by atoms with Crippen LogP contribution in [0.1, 0.15) is 12.0 Å². The van der Waals surface area contributed by atoms with Crippen LogP contribution in [0.15, 0.2) is 18.2 Å². The molecule has 0 heterocycles. The highest BCUT2D eigenvalue weighted by Crippen LogP contribution is 2.14. The molecule has 2 nitrogen and oxygen atoms in total. The topological polar surface area (TPSA) is 21.3 Å². The van der Waals surface area contributed by atoms with E-state index >= 15 is 0 Å². The van der Waals surface area contributed by atoms with Crippen LogP contribution in [-0.2, 0) is 11.3 Å².